The summed E-state index contributed by atoms with van der Waals surface area (Å²) in [6.45, 7) is -4.38. The van der Waals surface area contributed by atoms with Gasteiger partial charge in [-0.1, -0.05) is 0 Å². The maximum absolute atomic E-state index is 14.7. The van der Waals surface area contributed by atoms with Crippen LogP contribution in [0.2, 0.25) is 0 Å². The van der Waals surface area contributed by atoms with Crippen molar-refractivity contribution in [3.05, 3.63) is 181 Å². The number of H-pyrrole nitrogens is 7. The third-order valence-electron chi connectivity index (χ3n) is 23.6. The lowest BCUT2D eigenvalue weighted by Gasteiger charge is -2.26. The molecule has 0 aliphatic carbocycles. The minimum atomic E-state index is -5.82. The number of hydrogen-bond acceptors (Lipinski definition) is 50. The number of phosphoric acid groups is 7. The molecule has 7 aliphatic rings. The summed E-state index contributed by atoms with van der Waals surface area (Å²) in [7, 11) is -39.5. The fourth-order valence-corrected chi connectivity index (χ4v) is 22.9. The number of aromatic nitrogens is 20. The van der Waals surface area contributed by atoms with Crippen molar-refractivity contribution in [2.24, 2.45) is 0 Å². The first-order chi connectivity index (χ1) is 69.0. The molecular weight excluding hydrogens is 2150 g/mol. The zero-order valence-electron chi connectivity index (χ0n) is 75.9. The number of fused-ring (bicyclic) bond motifs is 3. The topological polar surface area (TPSA) is 1030 Å². The van der Waals surface area contributed by atoms with E-state index in [9.17, 15) is 134 Å². The summed E-state index contributed by atoms with van der Waals surface area (Å²) >= 11 is 0. The van der Waals surface area contributed by atoms with Crippen LogP contribution in [0.4, 0.5) is 17.8 Å². The van der Waals surface area contributed by atoms with Crippen molar-refractivity contribution in [3.8, 4) is 0 Å². The number of aliphatic hydroxyl groups is 2. The average Bonchev–Trinajstić information content (AvgIpc) is 1.63. The molecule has 7 aliphatic heterocycles. The molecule has 0 spiro atoms. The van der Waals surface area contributed by atoms with E-state index in [0.29, 0.717) is 4.57 Å². The third kappa shape index (κ3) is 25.0. The van der Waals surface area contributed by atoms with Gasteiger partial charge in [0.25, 0.3) is 38.9 Å². The lowest BCUT2D eigenvalue weighted by molar-refractivity contribution is -0.0656. The van der Waals surface area contributed by atoms with Gasteiger partial charge in [0.05, 0.1) is 65.2 Å². The number of nitrogen functional groups attached to an aromatic ring is 3. The molecule has 0 amide bonds. The molecule has 28 atom stereocenters. The second-order valence-electron chi connectivity index (χ2n) is 33.8. The standard InChI is InChI=1S/C69H88N23O48P7.H3N/c1-25-12-87(67(103)83-56(25)96)42-6-28(34(128-42)15-121-141(106,107)108)135-142(109,110)124-18-37-31(9-45(131-37)90-22-73-48-53(90)77-63(70)80-59(48)99)138-145(115,116)122-16-35-29(7-43(129-35)88-13-26(2)57(97)84-68(88)104)136-143(111,112)125-19-38-32(10-46(132-38)91-23-74-49-54(91)78-64(71)81-60(49)100)139-146(117,118)123-17-36-30(8-44(130-36)89-14-27(3)58(98)85-69(89)105)137-144(113,114)126-20-39-33(11-47(133-39)92-24-75-50-55(92)79-65(72)82-61(50)101)140-147(119,120)127-21-40-51(94)52(95)62(134-40)86-5-4-41(93)76-66(86)102;/h4-5,12-14,22-24,28-40,42-47,51-52,62,94-95H,6-11,15-21H2,1-3H3,(H,109,110)(H,111,112)(H,113,114)(H,115,116)(H,117,118)(H,119,120)(H,76,93,102)(H,83,96,103)(H,84,97,104)(H,85,98,105)(H2,106,107,108)(H3,70,77,80,99)(H3,71,78,81,100)(H3,72,79,82,101);1H3. The van der Waals surface area contributed by atoms with E-state index >= 15 is 0 Å². The fraction of sp³-hybridized carbons (Fsp3) is 0.551. The van der Waals surface area contributed by atoms with Gasteiger partial charge in [0, 0.05) is 86.1 Å². The second-order valence-corrected chi connectivity index (χ2v) is 43.4. The predicted octanol–water partition coefficient (Wildman–Crippen LogP) is -5.11. The van der Waals surface area contributed by atoms with Crippen LogP contribution >= 0.6 is 54.8 Å². The quantitative estimate of drug-likeness (QED) is 0.0160. The largest absolute Gasteiger partial charge is 0.472 e. The van der Waals surface area contributed by atoms with E-state index in [0.717, 1.165) is 77.2 Å². The third-order valence-corrected chi connectivity index (χ3v) is 30.2. The summed E-state index contributed by atoms with van der Waals surface area (Å²) in [5.74, 6) is -1.33. The molecule has 148 heavy (non-hydrogen) atoms. The predicted molar refractivity (Wildman–Crippen MR) is 481 cm³/mol. The molecule has 26 N–H and O–H groups in total. The van der Waals surface area contributed by atoms with Gasteiger partial charge < -0.3 is 106 Å². The highest BCUT2D eigenvalue weighted by Crippen LogP contribution is 2.58. The number of aryl methyl sites for hydroxylation is 3. The van der Waals surface area contributed by atoms with Crippen LogP contribution in [-0.4, -0.2) is 284 Å². The number of nitrogens with two attached hydrogens (primary N) is 3. The van der Waals surface area contributed by atoms with Crippen LogP contribution in [0.25, 0.3) is 33.5 Å². The highest BCUT2D eigenvalue weighted by molar-refractivity contribution is 7.49. The van der Waals surface area contributed by atoms with E-state index in [1.807, 2.05) is 19.9 Å². The van der Waals surface area contributed by atoms with Crippen LogP contribution in [0.5, 0.6) is 0 Å². The van der Waals surface area contributed by atoms with Crippen LogP contribution in [0, 0.1) is 20.8 Å². The van der Waals surface area contributed by atoms with Gasteiger partial charge in [-0.3, -0.25) is 159 Å². The van der Waals surface area contributed by atoms with Gasteiger partial charge in [0.15, 0.2) is 39.7 Å². The van der Waals surface area contributed by atoms with Crippen LogP contribution in [-0.2, 0) is 124 Å². The molecule has 17 heterocycles. The van der Waals surface area contributed by atoms with Crippen molar-refractivity contribution in [1.29, 1.82) is 0 Å². The van der Waals surface area contributed by atoms with E-state index < -0.39 is 354 Å². The molecule has 7 saturated heterocycles. The highest BCUT2D eigenvalue weighted by atomic mass is 31.2. The molecular formula is C69H91N24O48P7. The smallest absolute Gasteiger partial charge is 0.387 e. The van der Waals surface area contributed by atoms with E-state index in [1.54, 1.807) is 0 Å². The van der Waals surface area contributed by atoms with E-state index in [2.05, 4.69) is 49.4 Å². The van der Waals surface area contributed by atoms with Gasteiger partial charge >= 0.3 is 77.5 Å². The van der Waals surface area contributed by atoms with Crippen molar-refractivity contribution in [2.45, 2.75) is 194 Å². The number of nitrogens with one attached hydrogen (secondary N) is 7. The number of ether oxygens (including phenoxy) is 7. The summed E-state index contributed by atoms with van der Waals surface area (Å²) in [6, 6.07) is 0.893. The van der Waals surface area contributed by atoms with Crippen molar-refractivity contribution in [3.63, 3.8) is 0 Å². The van der Waals surface area contributed by atoms with Crippen molar-refractivity contribution >= 4 is 106 Å². The number of imidazole rings is 3. The first-order valence-electron chi connectivity index (χ1n) is 43.1. The molecule has 0 radical (unpaired) electrons. The lowest BCUT2D eigenvalue weighted by Crippen LogP contribution is -2.37. The minimum absolute atomic E-state index is 0. The monoisotopic (exact) mass is 2240 g/mol. The Morgan fingerprint density at radius 1 is 0.331 bits per heavy atom. The Morgan fingerprint density at radius 2 is 0.574 bits per heavy atom. The van der Waals surface area contributed by atoms with Crippen LogP contribution in [0.1, 0.15) is 98.8 Å². The van der Waals surface area contributed by atoms with Gasteiger partial charge in [-0.05, 0) is 20.8 Å². The normalized spacial score (nSPS) is 29.3. The molecule has 10 aromatic rings. The van der Waals surface area contributed by atoms with Gasteiger partial charge in [-0.25, -0.2) is 66.1 Å². The molecule has 810 valence electrons. The Kier molecular flexibility index (Phi) is 32.0. The number of aliphatic hydroxyl groups excluding tert-OH is 2. The molecule has 72 nitrogen and oxygen atoms in total. The second kappa shape index (κ2) is 43.0. The van der Waals surface area contributed by atoms with E-state index in [-0.39, 0.29) is 56.3 Å². The number of phosphoric ester groups is 7. The Balaban J connectivity index is 0.0000156. The molecule has 0 aromatic carbocycles. The van der Waals surface area contributed by atoms with E-state index in [1.165, 1.54) is 20.8 Å². The van der Waals surface area contributed by atoms with Crippen LogP contribution < -0.4 is 85.0 Å². The van der Waals surface area contributed by atoms with E-state index in [4.69, 9.17) is 105 Å². The molecule has 7 fully saturated rings. The Labute approximate surface area is 817 Å². The molecule has 0 saturated carbocycles. The zero-order chi connectivity index (χ0) is 106. The number of rotatable bonds is 40. The highest BCUT2D eigenvalue weighted by Gasteiger charge is 2.54. The zero-order valence-corrected chi connectivity index (χ0v) is 82.1. The van der Waals surface area contributed by atoms with Gasteiger partial charge in [-0.15, -0.1) is 0 Å². The molecule has 10 aromatic heterocycles. The molecule has 28 unspecified atom stereocenters. The molecule has 17 rings (SSSR count). The maximum atomic E-state index is 14.7. The summed E-state index contributed by atoms with van der Waals surface area (Å²) in [5, 5.41) is 21.7. The summed E-state index contributed by atoms with van der Waals surface area (Å²) < 4.78 is 217. The fourth-order valence-electron chi connectivity index (χ4n) is 16.8. The average molecular weight is 2240 g/mol. The van der Waals surface area contributed by atoms with Crippen LogP contribution in [0.15, 0.2) is 103 Å². The number of nitrogens with zero attached hydrogens (tertiary/aromatic N) is 13. The van der Waals surface area contributed by atoms with Crippen molar-refractivity contribution in [1.82, 2.24) is 103 Å². The molecule has 79 heteroatoms. The van der Waals surface area contributed by atoms with Gasteiger partial charge in [-0.2, -0.15) is 15.0 Å². The van der Waals surface area contributed by atoms with Crippen LogP contribution in [0.3, 0.4) is 0 Å². The van der Waals surface area contributed by atoms with Gasteiger partial charge in [0.1, 0.15) is 129 Å². The van der Waals surface area contributed by atoms with Crippen molar-refractivity contribution < 1.29 is 173 Å². The Hall–Kier alpha value is -10.5. The van der Waals surface area contributed by atoms with Gasteiger partial charge in [0.2, 0.25) is 17.8 Å². The number of aromatic amines is 7. The Bertz CT molecular complexity index is 7810. The summed E-state index contributed by atoms with van der Waals surface area (Å²) in [4.78, 5) is 268. The van der Waals surface area contributed by atoms with Crippen molar-refractivity contribution in [2.75, 3.05) is 63.4 Å². The number of anilines is 3. The minimum Gasteiger partial charge on any atom is -0.387 e. The molecule has 0 bridgehead atoms. The number of hydrogen-bond donors (Lipinski definition) is 21. The first kappa shape index (κ1) is 110. The Morgan fingerprint density at radius 3 is 0.831 bits per heavy atom. The first-order valence-corrected chi connectivity index (χ1v) is 53.6. The summed E-state index contributed by atoms with van der Waals surface area (Å²) in [6.07, 6.45) is -35.5. The SMILES string of the molecule is Cc1cn(C2CC(OP(=O)(O)OCC3OC(n4cnc5c(=O)[nH]c(N)nc54)CC3OP(=O)(O)OCC3OC(n4cc(C)c(=O)[nH]c4=O)CC3OP(=O)(O)OCC3OC(n4cnc5c(=O)[nH]c(N)nc54)CC3OP(=O)(O)OCC3OC(n4cc(C)c(=O)[nH]c4=O)CC3OP(=O)(O)OCC3OC(n4cnc5c(=O)[nH]c(N)nc54)CC3OP(=O)(O)OCC3OC(n4ccc(=O)[nH]c4=O)C(O)C3O)C(COP(=O)(O)O)O2)c(=O)[nH]c1=O.N. The maximum Gasteiger partial charge on any atom is 0.472 e. The lowest BCUT2D eigenvalue weighted by atomic mass is 10.1. The summed E-state index contributed by atoms with van der Waals surface area (Å²) in [5.41, 5.74) is 5.21.